The first-order chi connectivity index (χ1) is 10.1. The number of thiazole rings is 1. The minimum atomic E-state index is 0.920. The number of benzene rings is 1. The van der Waals surface area contributed by atoms with Gasteiger partial charge in [-0.3, -0.25) is 0 Å². The van der Waals surface area contributed by atoms with Gasteiger partial charge in [-0.2, -0.15) is 5.10 Å². The highest BCUT2D eigenvalue weighted by atomic mass is 32.1. The van der Waals surface area contributed by atoms with Crippen molar-refractivity contribution in [2.45, 2.75) is 20.8 Å². The van der Waals surface area contributed by atoms with E-state index in [-0.39, 0.29) is 0 Å². The number of nitrogens with zero attached hydrogens (tertiary/aromatic N) is 3. The quantitative estimate of drug-likeness (QED) is 0.796. The van der Waals surface area contributed by atoms with Crippen molar-refractivity contribution < 1.29 is 0 Å². The van der Waals surface area contributed by atoms with E-state index in [1.54, 1.807) is 11.3 Å². The molecule has 0 bridgehead atoms. The van der Waals surface area contributed by atoms with Gasteiger partial charge in [0.1, 0.15) is 0 Å². The summed E-state index contributed by atoms with van der Waals surface area (Å²) >= 11 is 1.60. The summed E-state index contributed by atoms with van der Waals surface area (Å²) < 4.78 is 2.00. The van der Waals surface area contributed by atoms with Gasteiger partial charge in [-0.25, -0.2) is 9.67 Å². The lowest BCUT2D eigenvalue weighted by Gasteiger charge is -2.10. The van der Waals surface area contributed by atoms with Crippen LogP contribution in [0.4, 0.5) is 5.13 Å². The first kappa shape index (κ1) is 13.8. The number of aryl methyl sites for hydroxylation is 1. The molecule has 0 saturated carbocycles. The Morgan fingerprint density at radius 2 is 2.00 bits per heavy atom. The largest absolute Gasteiger partial charge is 0.365 e. The second kappa shape index (κ2) is 5.33. The molecule has 0 radical (unpaired) electrons. The van der Waals surface area contributed by atoms with Crippen LogP contribution in [0.25, 0.3) is 16.9 Å². The smallest absolute Gasteiger partial charge is 0.182 e. The van der Waals surface area contributed by atoms with E-state index in [4.69, 9.17) is 0 Å². The Morgan fingerprint density at radius 3 is 2.71 bits per heavy atom. The van der Waals surface area contributed by atoms with Gasteiger partial charge in [0, 0.05) is 18.0 Å². The van der Waals surface area contributed by atoms with Crippen molar-refractivity contribution in [3.05, 3.63) is 46.6 Å². The molecule has 0 aliphatic heterocycles. The molecule has 108 valence electrons. The Hall–Kier alpha value is -2.14. The average Bonchev–Trinajstić information content (AvgIpc) is 3.08. The fourth-order valence-electron chi connectivity index (χ4n) is 2.38. The SMILES string of the molecule is CNc1nc(-c2cnn(-c3cccc(C)c3C)c2C)cs1. The summed E-state index contributed by atoms with van der Waals surface area (Å²) in [6.45, 7) is 6.34. The molecule has 0 amide bonds. The number of nitrogens with one attached hydrogen (secondary N) is 1. The van der Waals surface area contributed by atoms with Gasteiger partial charge in [0.05, 0.1) is 23.3 Å². The van der Waals surface area contributed by atoms with E-state index in [1.807, 2.05) is 17.9 Å². The molecular weight excluding hydrogens is 280 g/mol. The van der Waals surface area contributed by atoms with Gasteiger partial charge in [0.25, 0.3) is 0 Å². The fraction of sp³-hybridized carbons (Fsp3) is 0.250. The van der Waals surface area contributed by atoms with E-state index < -0.39 is 0 Å². The number of aromatic nitrogens is 3. The maximum absolute atomic E-state index is 4.56. The summed E-state index contributed by atoms with van der Waals surface area (Å²) in [7, 11) is 1.88. The molecule has 0 aliphatic rings. The molecule has 4 nitrogen and oxygen atoms in total. The Labute approximate surface area is 128 Å². The molecule has 1 aromatic carbocycles. The summed E-state index contributed by atoms with van der Waals surface area (Å²) in [5.74, 6) is 0. The topological polar surface area (TPSA) is 42.7 Å². The van der Waals surface area contributed by atoms with Crippen LogP contribution in [0.1, 0.15) is 16.8 Å². The van der Waals surface area contributed by atoms with E-state index in [0.29, 0.717) is 0 Å². The highest BCUT2D eigenvalue weighted by Gasteiger charge is 2.14. The molecule has 21 heavy (non-hydrogen) atoms. The lowest BCUT2D eigenvalue weighted by molar-refractivity contribution is 0.839. The normalized spacial score (nSPS) is 10.9. The van der Waals surface area contributed by atoms with Crippen molar-refractivity contribution >= 4 is 16.5 Å². The lowest BCUT2D eigenvalue weighted by atomic mass is 10.1. The average molecular weight is 298 g/mol. The molecule has 0 spiro atoms. The highest BCUT2D eigenvalue weighted by molar-refractivity contribution is 7.14. The highest BCUT2D eigenvalue weighted by Crippen LogP contribution is 2.29. The van der Waals surface area contributed by atoms with Crippen LogP contribution in [-0.4, -0.2) is 21.8 Å². The summed E-state index contributed by atoms with van der Waals surface area (Å²) in [6.07, 6.45) is 1.89. The van der Waals surface area contributed by atoms with Gasteiger partial charge >= 0.3 is 0 Å². The minimum Gasteiger partial charge on any atom is -0.365 e. The molecule has 0 unspecified atom stereocenters. The van der Waals surface area contributed by atoms with E-state index in [0.717, 1.165) is 27.8 Å². The Bertz CT molecular complexity index is 785. The van der Waals surface area contributed by atoms with Crippen LogP contribution in [0.2, 0.25) is 0 Å². The zero-order chi connectivity index (χ0) is 15.0. The molecule has 0 saturated heterocycles. The van der Waals surface area contributed by atoms with Gasteiger partial charge in [-0.05, 0) is 38.0 Å². The number of anilines is 1. The molecular formula is C16H18N4S. The third-order valence-corrected chi connectivity index (χ3v) is 4.67. The zero-order valence-corrected chi connectivity index (χ0v) is 13.5. The summed E-state index contributed by atoms with van der Waals surface area (Å²) in [4.78, 5) is 4.56. The standard InChI is InChI=1S/C16H18N4S/c1-10-6-5-7-15(11(10)2)20-12(3)13(8-18-20)14-9-21-16(17-4)19-14/h5-9H,1-4H3,(H,17,19). The predicted octanol–water partition coefficient (Wildman–Crippen LogP) is 3.96. The van der Waals surface area contributed by atoms with Crippen LogP contribution >= 0.6 is 11.3 Å². The molecule has 3 aromatic rings. The molecule has 2 heterocycles. The number of hydrogen-bond acceptors (Lipinski definition) is 4. The molecule has 0 atom stereocenters. The predicted molar refractivity (Wildman–Crippen MR) is 88.4 cm³/mol. The van der Waals surface area contributed by atoms with Gasteiger partial charge in [-0.1, -0.05) is 12.1 Å². The van der Waals surface area contributed by atoms with Crippen LogP contribution in [0.15, 0.2) is 29.8 Å². The second-order valence-electron chi connectivity index (χ2n) is 5.06. The zero-order valence-electron chi connectivity index (χ0n) is 12.6. The summed E-state index contributed by atoms with van der Waals surface area (Å²) in [5.41, 5.74) is 6.81. The second-order valence-corrected chi connectivity index (χ2v) is 5.92. The Balaban J connectivity index is 2.09. The number of rotatable bonds is 3. The maximum atomic E-state index is 4.56. The van der Waals surface area contributed by atoms with Gasteiger partial charge in [0.15, 0.2) is 5.13 Å². The summed E-state index contributed by atoms with van der Waals surface area (Å²) in [5, 5.41) is 10.6. The molecule has 3 rings (SSSR count). The molecule has 2 aromatic heterocycles. The molecule has 5 heteroatoms. The van der Waals surface area contributed by atoms with E-state index in [2.05, 4.69) is 59.7 Å². The first-order valence-electron chi connectivity index (χ1n) is 6.86. The maximum Gasteiger partial charge on any atom is 0.182 e. The lowest BCUT2D eigenvalue weighted by Crippen LogP contribution is -2.02. The van der Waals surface area contributed by atoms with Crippen LogP contribution in [0.5, 0.6) is 0 Å². The van der Waals surface area contributed by atoms with Gasteiger partial charge in [0.2, 0.25) is 0 Å². The van der Waals surface area contributed by atoms with Crippen molar-refractivity contribution in [3.63, 3.8) is 0 Å². The van der Waals surface area contributed by atoms with Crippen LogP contribution in [0.3, 0.4) is 0 Å². The van der Waals surface area contributed by atoms with Crippen molar-refractivity contribution in [1.82, 2.24) is 14.8 Å². The monoisotopic (exact) mass is 298 g/mol. The van der Waals surface area contributed by atoms with Gasteiger partial charge in [-0.15, -0.1) is 11.3 Å². The van der Waals surface area contributed by atoms with Crippen molar-refractivity contribution in [1.29, 1.82) is 0 Å². The first-order valence-corrected chi connectivity index (χ1v) is 7.74. The Morgan fingerprint density at radius 1 is 1.19 bits per heavy atom. The van der Waals surface area contributed by atoms with Crippen LogP contribution in [0, 0.1) is 20.8 Å². The van der Waals surface area contributed by atoms with Crippen molar-refractivity contribution in [2.24, 2.45) is 0 Å². The number of hydrogen-bond donors (Lipinski definition) is 1. The van der Waals surface area contributed by atoms with E-state index in [1.165, 1.54) is 11.1 Å². The molecule has 0 fully saturated rings. The molecule has 0 aliphatic carbocycles. The van der Waals surface area contributed by atoms with E-state index >= 15 is 0 Å². The third-order valence-electron chi connectivity index (χ3n) is 3.81. The fourth-order valence-corrected chi connectivity index (χ4v) is 3.05. The Kier molecular flexibility index (Phi) is 3.51. The van der Waals surface area contributed by atoms with E-state index in [9.17, 15) is 0 Å². The van der Waals surface area contributed by atoms with Crippen molar-refractivity contribution in [3.8, 4) is 16.9 Å². The van der Waals surface area contributed by atoms with Crippen LogP contribution < -0.4 is 5.32 Å². The third kappa shape index (κ3) is 2.34. The van der Waals surface area contributed by atoms with Crippen LogP contribution in [-0.2, 0) is 0 Å². The van der Waals surface area contributed by atoms with Crippen molar-refractivity contribution in [2.75, 3.05) is 12.4 Å². The van der Waals surface area contributed by atoms with Gasteiger partial charge < -0.3 is 5.32 Å². The minimum absolute atomic E-state index is 0.920. The summed E-state index contributed by atoms with van der Waals surface area (Å²) in [6, 6.07) is 6.30. The molecule has 1 N–H and O–H groups in total.